The summed E-state index contributed by atoms with van der Waals surface area (Å²) < 4.78 is 40.2. The zero-order valence-electron chi connectivity index (χ0n) is 21.9. The number of carbonyl (C=O) groups excluding carboxylic acids is 1. The zero-order chi connectivity index (χ0) is 26.4. The van der Waals surface area contributed by atoms with E-state index in [0.29, 0.717) is 43.3 Å². The summed E-state index contributed by atoms with van der Waals surface area (Å²) >= 11 is 0. The van der Waals surface area contributed by atoms with Crippen molar-refractivity contribution < 1.29 is 23.0 Å². The highest BCUT2D eigenvalue weighted by atomic mass is 19.1. The Balaban J connectivity index is 1.31. The third-order valence-corrected chi connectivity index (χ3v) is 7.24. The average Bonchev–Trinajstić information content (AvgIpc) is 3.34. The van der Waals surface area contributed by atoms with Gasteiger partial charge in [0.05, 0.1) is 26.0 Å². The van der Waals surface area contributed by atoms with Gasteiger partial charge in [-0.25, -0.2) is 8.78 Å². The Morgan fingerprint density at radius 2 is 1.78 bits per heavy atom. The Bertz CT molecular complexity index is 1030. The summed E-state index contributed by atoms with van der Waals surface area (Å²) in [5.41, 5.74) is 5.75. The molecule has 1 atom stereocenters. The van der Waals surface area contributed by atoms with Crippen molar-refractivity contribution >= 4 is 5.91 Å². The van der Waals surface area contributed by atoms with Gasteiger partial charge in [-0.3, -0.25) is 4.79 Å². The number of amides is 1. The van der Waals surface area contributed by atoms with E-state index in [1.54, 1.807) is 30.9 Å². The molecule has 8 heteroatoms. The number of alkyl halides is 1. The number of piperidine rings is 1. The van der Waals surface area contributed by atoms with Crippen LogP contribution in [0, 0.1) is 11.7 Å². The minimum Gasteiger partial charge on any atom is -0.493 e. The van der Waals surface area contributed by atoms with Crippen molar-refractivity contribution in [1.29, 1.82) is 0 Å². The summed E-state index contributed by atoms with van der Waals surface area (Å²) in [6.07, 6.45) is 3.73. The number of carbonyl (C=O) groups is 1. The molecule has 0 aliphatic carbocycles. The van der Waals surface area contributed by atoms with Crippen LogP contribution in [0.1, 0.15) is 49.9 Å². The molecule has 0 radical (unpaired) electrons. The summed E-state index contributed by atoms with van der Waals surface area (Å²) in [5, 5.41) is 0. The van der Waals surface area contributed by atoms with Crippen molar-refractivity contribution in [3.8, 4) is 16.9 Å². The molecule has 6 nitrogen and oxygen atoms in total. The maximum atomic E-state index is 15.0. The van der Waals surface area contributed by atoms with Crippen LogP contribution < -0.4 is 10.5 Å². The molecule has 4 rings (SSSR count). The van der Waals surface area contributed by atoms with E-state index in [4.69, 9.17) is 15.2 Å². The molecule has 1 unspecified atom stereocenters. The lowest BCUT2D eigenvalue weighted by Gasteiger charge is -2.34. The quantitative estimate of drug-likeness (QED) is 0.458. The van der Waals surface area contributed by atoms with Gasteiger partial charge in [0, 0.05) is 24.2 Å². The maximum absolute atomic E-state index is 15.0. The van der Waals surface area contributed by atoms with Crippen molar-refractivity contribution in [1.82, 2.24) is 9.80 Å². The van der Waals surface area contributed by atoms with Crippen LogP contribution in [0.3, 0.4) is 0 Å². The molecule has 2 aromatic rings. The van der Waals surface area contributed by atoms with Gasteiger partial charge >= 0.3 is 0 Å². The maximum Gasteiger partial charge on any atom is 0.254 e. The van der Waals surface area contributed by atoms with Crippen molar-refractivity contribution in [2.24, 2.45) is 11.7 Å². The molecule has 37 heavy (non-hydrogen) atoms. The zero-order valence-corrected chi connectivity index (χ0v) is 21.9. The lowest BCUT2D eigenvalue weighted by Crippen LogP contribution is -2.41. The molecule has 202 valence electrons. The highest BCUT2D eigenvalue weighted by Gasteiger charge is 2.30. The molecule has 0 aromatic heterocycles. The highest BCUT2D eigenvalue weighted by molar-refractivity contribution is 5.95. The first-order valence-corrected chi connectivity index (χ1v) is 13.3. The minimum absolute atomic E-state index is 0.0267. The van der Waals surface area contributed by atoms with Crippen LogP contribution in [0.2, 0.25) is 0 Å². The van der Waals surface area contributed by atoms with Crippen LogP contribution in [0.5, 0.6) is 5.75 Å². The van der Waals surface area contributed by atoms with Gasteiger partial charge in [0.1, 0.15) is 17.2 Å². The van der Waals surface area contributed by atoms with E-state index in [9.17, 15) is 9.18 Å². The number of rotatable bonds is 10. The molecule has 2 saturated heterocycles. The summed E-state index contributed by atoms with van der Waals surface area (Å²) in [6, 6.07) is 12.0. The van der Waals surface area contributed by atoms with Crippen LogP contribution >= 0.6 is 0 Å². The van der Waals surface area contributed by atoms with E-state index in [2.05, 4.69) is 4.90 Å². The summed E-state index contributed by atoms with van der Waals surface area (Å²) in [4.78, 5) is 16.9. The van der Waals surface area contributed by atoms with Crippen LogP contribution in [0.15, 0.2) is 42.5 Å². The fraction of sp³-hybridized carbons (Fsp3) is 0.552. The molecule has 2 fully saturated rings. The Labute approximate surface area is 218 Å². The van der Waals surface area contributed by atoms with Crippen LogP contribution in [0.25, 0.3) is 11.1 Å². The van der Waals surface area contributed by atoms with E-state index < -0.39 is 11.5 Å². The van der Waals surface area contributed by atoms with Gasteiger partial charge in [0.2, 0.25) is 0 Å². The lowest BCUT2D eigenvalue weighted by atomic mass is 9.97. The van der Waals surface area contributed by atoms with Gasteiger partial charge in [-0.05, 0) is 88.4 Å². The van der Waals surface area contributed by atoms with Gasteiger partial charge in [0.25, 0.3) is 5.91 Å². The van der Waals surface area contributed by atoms with Gasteiger partial charge in [-0.1, -0.05) is 18.2 Å². The first-order valence-electron chi connectivity index (χ1n) is 13.3. The van der Waals surface area contributed by atoms with Gasteiger partial charge in [0.15, 0.2) is 0 Å². The van der Waals surface area contributed by atoms with Gasteiger partial charge in [-0.15, -0.1) is 0 Å². The minimum atomic E-state index is -1.17. The second-order valence-electron chi connectivity index (χ2n) is 10.8. The second-order valence-corrected chi connectivity index (χ2v) is 10.8. The van der Waals surface area contributed by atoms with E-state index in [-0.39, 0.29) is 18.7 Å². The van der Waals surface area contributed by atoms with E-state index in [1.165, 1.54) is 6.07 Å². The largest absolute Gasteiger partial charge is 0.493 e. The number of hydrogen-bond acceptors (Lipinski definition) is 5. The van der Waals surface area contributed by atoms with Crippen molar-refractivity contribution in [3.05, 3.63) is 53.8 Å². The Morgan fingerprint density at radius 1 is 1.05 bits per heavy atom. The summed E-state index contributed by atoms with van der Waals surface area (Å²) in [7, 11) is 0. The monoisotopic (exact) mass is 515 g/mol. The molecular formula is C29H39F2N3O3. The summed E-state index contributed by atoms with van der Waals surface area (Å²) in [6.45, 7) is 7.25. The van der Waals surface area contributed by atoms with Crippen molar-refractivity contribution in [2.45, 2.75) is 51.2 Å². The average molecular weight is 516 g/mol. The summed E-state index contributed by atoms with van der Waals surface area (Å²) in [5.74, 6) is 0.564. The van der Waals surface area contributed by atoms with E-state index in [1.807, 2.05) is 24.3 Å². The standard InChI is InChI=1S/C29H39F2N3O3/c1-29(2,31)19-33-14-11-21(12-15-33)17-37-25-8-5-22(6-9-25)26-10-7-23(16-27(26)30)28(35)34-13-3-4-24(34)18-36-20-32/h5-10,16,21,24H,3-4,11-15,17-20,32H2,1-2H3. The van der Waals surface area contributed by atoms with Crippen molar-refractivity contribution in [3.63, 3.8) is 0 Å². The Kier molecular flexibility index (Phi) is 9.16. The first-order chi connectivity index (χ1) is 17.7. The normalized spacial score (nSPS) is 19.4. The second kappa shape index (κ2) is 12.3. The third-order valence-electron chi connectivity index (χ3n) is 7.24. The number of halogens is 2. The Morgan fingerprint density at radius 3 is 2.43 bits per heavy atom. The molecule has 0 bridgehead atoms. The Hall–Kier alpha value is -2.55. The van der Waals surface area contributed by atoms with Crippen LogP contribution in [-0.2, 0) is 4.74 Å². The number of benzene rings is 2. The molecule has 2 aliphatic rings. The SMILES string of the molecule is CC(C)(F)CN1CCC(COc2ccc(-c3ccc(C(=O)N4CCCC4COCN)cc3F)cc2)CC1. The third kappa shape index (κ3) is 7.49. The van der Waals surface area contributed by atoms with Crippen molar-refractivity contribution in [2.75, 3.05) is 46.1 Å². The number of likely N-dealkylation sites (tertiary alicyclic amines) is 2. The fourth-order valence-electron chi connectivity index (χ4n) is 5.32. The lowest BCUT2D eigenvalue weighted by molar-refractivity contribution is 0.0551. The first kappa shape index (κ1) is 27.5. The molecule has 2 heterocycles. The molecule has 2 N–H and O–H groups in total. The molecule has 1 amide bonds. The van der Waals surface area contributed by atoms with Crippen LogP contribution in [-0.4, -0.2) is 73.5 Å². The van der Waals surface area contributed by atoms with E-state index in [0.717, 1.165) is 50.1 Å². The molecule has 2 aromatic carbocycles. The number of nitrogens with zero attached hydrogens (tertiary/aromatic N) is 2. The molecule has 0 spiro atoms. The fourth-order valence-corrected chi connectivity index (χ4v) is 5.32. The van der Waals surface area contributed by atoms with Crippen LogP contribution in [0.4, 0.5) is 8.78 Å². The van der Waals surface area contributed by atoms with Gasteiger partial charge < -0.3 is 25.0 Å². The van der Waals surface area contributed by atoms with E-state index >= 15 is 4.39 Å². The number of nitrogens with two attached hydrogens (primary N) is 1. The smallest absolute Gasteiger partial charge is 0.254 e. The molecule has 2 aliphatic heterocycles. The predicted molar refractivity (Wildman–Crippen MR) is 141 cm³/mol. The molecule has 0 saturated carbocycles. The highest BCUT2D eigenvalue weighted by Crippen LogP contribution is 2.28. The number of ether oxygens (including phenoxy) is 2. The topological polar surface area (TPSA) is 68.0 Å². The predicted octanol–water partition coefficient (Wildman–Crippen LogP) is 4.87. The van der Waals surface area contributed by atoms with Gasteiger partial charge in [-0.2, -0.15) is 0 Å². The number of hydrogen-bond donors (Lipinski definition) is 1. The molecular weight excluding hydrogens is 476 g/mol.